The smallest absolute Gasteiger partial charge is 0.225 e. The Kier molecular flexibility index (Phi) is 7.77. The summed E-state index contributed by atoms with van der Waals surface area (Å²) in [5.74, 6) is 3.22. The molecule has 5 aliphatic rings. The number of aliphatic hydroxyl groups is 1. The molecule has 5 aliphatic carbocycles. The Morgan fingerprint density at radius 3 is 2.62 bits per heavy atom. The van der Waals surface area contributed by atoms with Gasteiger partial charge in [-0.15, -0.1) is 11.8 Å². The quantitative estimate of drug-likeness (QED) is 0.287. The lowest BCUT2D eigenvalue weighted by atomic mass is 9.48. The van der Waals surface area contributed by atoms with Crippen molar-refractivity contribution in [3.05, 3.63) is 35.9 Å². The van der Waals surface area contributed by atoms with Gasteiger partial charge in [0.2, 0.25) is 5.95 Å². The Bertz CT molecular complexity index is 1140. The van der Waals surface area contributed by atoms with Crippen molar-refractivity contribution in [1.82, 2.24) is 20.3 Å². The van der Waals surface area contributed by atoms with E-state index in [-0.39, 0.29) is 5.41 Å². The van der Waals surface area contributed by atoms with E-state index in [2.05, 4.69) is 30.9 Å². The highest BCUT2D eigenvalue weighted by Crippen LogP contribution is 2.60. The summed E-state index contributed by atoms with van der Waals surface area (Å²) in [6.45, 7) is 4.38. The predicted molar refractivity (Wildman–Crippen MR) is 154 cm³/mol. The molecule has 0 aliphatic heterocycles. The van der Waals surface area contributed by atoms with E-state index in [4.69, 9.17) is 0 Å². The summed E-state index contributed by atoms with van der Waals surface area (Å²) in [4.78, 5) is 13.1. The monoisotopic (exact) mass is 554 g/mol. The normalized spacial score (nSPS) is 35.2. The van der Waals surface area contributed by atoms with Crippen molar-refractivity contribution in [2.24, 2.45) is 29.1 Å². The molecule has 4 N–H and O–H groups in total. The van der Waals surface area contributed by atoms with Gasteiger partial charge in [-0.25, -0.2) is 14.4 Å². The van der Waals surface area contributed by atoms with Gasteiger partial charge in [-0.3, -0.25) is 0 Å². The maximum Gasteiger partial charge on any atom is 0.225 e. The molecule has 2 aromatic rings. The molecule has 0 spiro atoms. The number of nitrogens with zero attached hydrogens (tertiary/aromatic N) is 3. The van der Waals surface area contributed by atoms with Crippen LogP contribution in [0.2, 0.25) is 0 Å². The summed E-state index contributed by atoms with van der Waals surface area (Å²) in [7, 11) is 0. The molecule has 5 fully saturated rings. The fourth-order valence-corrected chi connectivity index (χ4v) is 8.88. The minimum absolute atomic E-state index is 0.228. The van der Waals surface area contributed by atoms with Gasteiger partial charge in [0, 0.05) is 30.9 Å². The van der Waals surface area contributed by atoms with Gasteiger partial charge in [-0.1, -0.05) is 6.07 Å². The molecule has 2 aromatic heterocycles. The van der Waals surface area contributed by atoms with E-state index >= 15 is 0 Å². The van der Waals surface area contributed by atoms with Gasteiger partial charge in [0.25, 0.3) is 0 Å². The van der Waals surface area contributed by atoms with Crippen molar-refractivity contribution in [2.45, 2.75) is 87.9 Å². The van der Waals surface area contributed by atoms with E-state index in [0.29, 0.717) is 42.1 Å². The summed E-state index contributed by atoms with van der Waals surface area (Å²) in [6.07, 6.45) is 15.5. The van der Waals surface area contributed by atoms with Crippen molar-refractivity contribution in [2.75, 3.05) is 30.0 Å². The number of thioether (sulfide) groups is 1. The lowest BCUT2D eigenvalue weighted by Crippen LogP contribution is -2.60. The van der Waals surface area contributed by atoms with Gasteiger partial charge in [0.05, 0.1) is 11.8 Å². The zero-order valence-corrected chi connectivity index (χ0v) is 24.1. The van der Waals surface area contributed by atoms with Crippen LogP contribution < -0.4 is 16.0 Å². The van der Waals surface area contributed by atoms with Crippen LogP contribution in [0.3, 0.4) is 0 Å². The second-order valence-corrected chi connectivity index (χ2v) is 13.9. The van der Waals surface area contributed by atoms with Crippen LogP contribution in [0, 0.1) is 34.9 Å². The molecule has 212 valence electrons. The third-order valence-electron chi connectivity index (χ3n) is 10.1. The molecular formula is C30H43FN6OS. The second kappa shape index (κ2) is 11.1. The van der Waals surface area contributed by atoms with Crippen LogP contribution in [-0.2, 0) is 6.54 Å². The molecule has 5 saturated carbocycles. The van der Waals surface area contributed by atoms with Gasteiger partial charge in [-0.2, -0.15) is 4.98 Å². The van der Waals surface area contributed by atoms with Gasteiger partial charge >= 0.3 is 0 Å². The maximum atomic E-state index is 14.7. The van der Waals surface area contributed by atoms with Crippen LogP contribution >= 0.6 is 11.8 Å². The minimum Gasteiger partial charge on any atom is -0.390 e. The molecule has 5 atom stereocenters. The molecule has 2 heterocycles. The largest absolute Gasteiger partial charge is 0.390 e. The molecule has 3 unspecified atom stereocenters. The molecule has 0 radical (unpaired) electrons. The highest BCUT2D eigenvalue weighted by atomic mass is 32.2. The van der Waals surface area contributed by atoms with Crippen LogP contribution in [0.5, 0.6) is 0 Å². The Balaban J connectivity index is 1.05. The molecule has 7 rings (SSSR count). The maximum absolute atomic E-state index is 14.7. The minimum atomic E-state index is -0.463. The standard InChI is InChI=1S/C30H43FN6OS/c1-29(38)7-5-19(6-8-29)15-33-25-22-10-20-11-23(25)14-30(12-20,13-22)18-36-26-24(31)17-35-28(37-26)34-16-21-4-3-9-32-27(21)39-2/h3-4,9,17,19-20,22-23,25,33,38H,5-8,10-16,18H2,1-2H3,(H2,34,35,36,37)/t19?,20?,22-,23+,25?,29?,30?. The average molecular weight is 555 g/mol. The van der Waals surface area contributed by atoms with Crippen LogP contribution in [0.15, 0.2) is 29.6 Å². The molecule has 0 saturated heterocycles. The SMILES string of the molecule is CSc1ncccc1CNc1ncc(F)c(NCC23CC4C[C@H](C2)C(NCC2CCC(C)(O)CC2)[C@@H](C4)C3)n1. The predicted octanol–water partition coefficient (Wildman–Crippen LogP) is 5.48. The van der Waals surface area contributed by atoms with Crippen molar-refractivity contribution in [1.29, 1.82) is 0 Å². The molecule has 9 heteroatoms. The third kappa shape index (κ3) is 6.05. The van der Waals surface area contributed by atoms with Gasteiger partial charge < -0.3 is 21.1 Å². The van der Waals surface area contributed by atoms with E-state index < -0.39 is 11.4 Å². The van der Waals surface area contributed by atoms with Crippen molar-refractivity contribution < 1.29 is 9.50 Å². The lowest BCUT2D eigenvalue weighted by molar-refractivity contribution is -0.0711. The first-order valence-corrected chi connectivity index (χ1v) is 16.0. The number of hydrogen-bond donors (Lipinski definition) is 4. The highest BCUT2D eigenvalue weighted by molar-refractivity contribution is 7.98. The Labute approximate surface area is 236 Å². The van der Waals surface area contributed by atoms with Gasteiger partial charge in [0.15, 0.2) is 11.6 Å². The van der Waals surface area contributed by atoms with E-state index in [1.54, 1.807) is 18.0 Å². The Morgan fingerprint density at radius 2 is 1.87 bits per heavy atom. The van der Waals surface area contributed by atoms with E-state index in [1.807, 2.05) is 25.3 Å². The third-order valence-corrected chi connectivity index (χ3v) is 10.8. The molecule has 7 nitrogen and oxygen atoms in total. The molecule has 0 aromatic carbocycles. The van der Waals surface area contributed by atoms with Crippen molar-refractivity contribution in [3.8, 4) is 0 Å². The first-order valence-electron chi connectivity index (χ1n) is 14.8. The summed E-state index contributed by atoms with van der Waals surface area (Å²) in [5, 5.41) is 21.9. The molecule has 4 bridgehead atoms. The van der Waals surface area contributed by atoms with Crippen molar-refractivity contribution in [3.63, 3.8) is 0 Å². The zero-order valence-electron chi connectivity index (χ0n) is 23.3. The Morgan fingerprint density at radius 1 is 1.10 bits per heavy atom. The van der Waals surface area contributed by atoms with Crippen LogP contribution in [0.25, 0.3) is 0 Å². The Hall–Kier alpha value is -1.97. The van der Waals surface area contributed by atoms with E-state index in [0.717, 1.165) is 55.3 Å². The first kappa shape index (κ1) is 27.2. The molecular weight excluding hydrogens is 511 g/mol. The van der Waals surface area contributed by atoms with Crippen LogP contribution in [-0.4, -0.2) is 51.0 Å². The number of hydrogen-bond acceptors (Lipinski definition) is 8. The topological polar surface area (TPSA) is 95.0 Å². The van der Waals surface area contributed by atoms with E-state index in [9.17, 15) is 9.50 Å². The van der Waals surface area contributed by atoms with E-state index in [1.165, 1.54) is 38.3 Å². The first-order chi connectivity index (χ1) is 18.8. The second-order valence-electron chi connectivity index (χ2n) is 13.1. The summed E-state index contributed by atoms with van der Waals surface area (Å²) < 4.78 is 14.7. The van der Waals surface area contributed by atoms with Crippen LogP contribution in [0.4, 0.5) is 16.2 Å². The highest BCUT2D eigenvalue weighted by Gasteiger charge is 2.55. The fourth-order valence-electron chi connectivity index (χ4n) is 8.31. The summed E-state index contributed by atoms with van der Waals surface area (Å²) in [5.41, 5.74) is 0.835. The van der Waals surface area contributed by atoms with Gasteiger partial charge in [-0.05, 0) is 113 Å². The summed E-state index contributed by atoms with van der Waals surface area (Å²) >= 11 is 1.60. The average Bonchev–Trinajstić information content (AvgIpc) is 2.92. The number of rotatable bonds is 10. The number of halogens is 1. The lowest BCUT2D eigenvalue weighted by Gasteiger charge is -2.60. The van der Waals surface area contributed by atoms with Crippen LogP contribution in [0.1, 0.15) is 70.3 Å². The summed E-state index contributed by atoms with van der Waals surface area (Å²) in [6, 6.07) is 4.56. The number of anilines is 2. The zero-order chi connectivity index (χ0) is 27.0. The molecule has 0 amide bonds. The molecule has 39 heavy (non-hydrogen) atoms. The number of pyridine rings is 1. The van der Waals surface area contributed by atoms with Crippen molar-refractivity contribution >= 4 is 23.5 Å². The van der Waals surface area contributed by atoms with Gasteiger partial charge in [0.1, 0.15) is 5.03 Å². The number of nitrogens with one attached hydrogen (secondary N) is 3. The fraction of sp³-hybridized carbons (Fsp3) is 0.700. The number of aromatic nitrogens is 3.